The highest BCUT2D eigenvalue weighted by Crippen LogP contribution is 2.11. The van der Waals surface area contributed by atoms with Gasteiger partial charge in [-0.15, -0.1) is 0 Å². The van der Waals surface area contributed by atoms with Crippen molar-refractivity contribution in [2.75, 3.05) is 39.3 Å². The minimum atomic E-state index is -0.501. The fraction of sp³-hybridized carbons (Fsp3) is 0.579. The minimum absolute atomic E-state index is 0.0437. The molecular formula is C19H28FN3O3. The van der Waals surface area contributed by atoms with Crippen LogP contribution in [0.1, 0.15) is 26.3 Å². The van der Waals surface area contributed by atoms with E-state index in [0.29, 0.717) is 45.7 Å². The molecule has 0 unspecified atom stereocenters. The number of piperazine rings is 1. The quantitative estimate of drug-likeness (QED) is 0.867. The summed E-state index contributed by atoms with van der Waals surface area (Å²) >= 11 is 0. The van der Waals surface area contributed by atoms with Crippen molar-refractivity contribution in [3.63, 3.8) is 0 Å². The lowest BCUT2D eigenvalue weighted by atomic mass is 10.1. The van der Waals surface area contributed by atoms with Gasteiger partial charge in [0.15, 0.2) is 0 Å². The molecule has 1 fully saturated rings. The van der Waals surface area contributed by atoms with E-state index in [2.05, 4.69) is 5.32 Å². The Bertz CT molecular complexity index is 605. The van der Waals surface area contributed by atoms with E-state index < -0.39 is 5.60 Å². The first-order chi connectivity index (χ1) is 12.2. The molecule has 1 heterocycles. The van der Waals surface area contributed by atoms with E-state index in [9.17, 15) is 14.0 Å². The van der Waals surface area contributed by atoms with Crippen molar-refractivity contribution in [3.8, 4) is 0 Å². The largest absolute Gasteiger partial charge is 0.444 e. The lowest BCUT2D eigenvalue weighted by Crippen LogP contribution is -2.52. The van der Waals surface area contributed by atoms with Gasteiger partial charge in [0.05, 0.1) is 6.54 Å². The molecule has 0 aliphatic carbocycles. The number of nitrogens with zero attached hydrogens (tertiary/aromatic N) is 2. The van der Waals surface area contributed by atoms with Crippen LogP contribution < -0.4 is 5.32 Å². The third kappa shape index (κ3) is 7.00. The molecule has 2 amide bonds. The van der Waals surface area contributed by atoms with Gasteiger partial charge in [0.25, 0.3) is 0 Å². The summed E-state index contributed by atoms with van der Waals surface area (Å²) < 4.78 is 18.2. The summed E-state index contributed by atoms with van der Waals surface area (Å²) in [7, 11) is 0. The van der Waals surface area contributed by atoms with Crippen LogP contribution in [-0.2, 0) is 16.0 Å². The van der Waals surface area contributed by atoms with Crippen molar-refractivity contribution >= 4 is 12.0 Å². The molecule has 1 aliphatic rings. The lowest BCUT2D eigenvalue weighted by Gasteiger charge is -2.35. The first kappa shape index (κ1) is 20.2. The maximum absolute atomic E-state index is 12.8. The number of rotatable bonds is 5. The average molecular weight is 365 g/mol. The van der Waals surface area contributed by atoms with Crippen molar-refractivity contribution in [3.05, 3.63) is 35.6 Å². The van der Waals surface area contributed by atoms with Crippen molar-refractivity contribution < 1.29 is 18.7 Å². The number of amides is 2. The Hall–Kier alpha value is -2.15. The number of benzene rings is 1. The fourth-order valence-corrected chi connectivity index (χ4v) is 2.67. The Balaban J connectivity index is 1.64. The fourth-order valence-electron chi connectivity index (χ4n) is 2.67. The molecule has 0 bridgehead atoms. The predicted octanol–water partition coefficient (Wildman–Crippen LogP) is 2.04. The van der Waals surface area contributed by atoms with Gasteiger partial charge in [-0.2, -0.15) is 0 Å². The zero-order chi connectivity index (χ0) is 19.2. The van der Waals surface area contributed by atoms with Crippen molar-refractivity contribution in [1.29, 1.82) is 0 Å². The van der Waals surface area contributed by atoms with Crippen LogP contribution in [0.25, 0.3) is 0 Å². The van der Waals surface area contributed by atoms with Crippen LogP contribution in [0.15, 0.2) is 24.3 Å². The van der Waals surface area contributed by atoms with Crippen molar-refractivity contribution in [1.82, 2.24) is 15.1 Å². The molecular weight excluding hydrogens is 337 g/mol. The van der Waals surface area contributed by atoms with E-state index in [-0.39, 0.29) is 17.8 Å². The van der Waals surface area contributed by atoms with Crippen LogP contribution in [0.5, 0.6) is 0 Å². The second-order valence-corrected chi connectivity index (χ2v) is 7.47. The van der Waals surface area contributed by atoms with E-state index in [0.717, 1.165) is 5.56 Å². The van der Waals surface area contributed by atoms with Gasteiger partial charge in [-0.25, -0.2) is 9.18 Å². The molecule has 1 aliphatic heterocycles. The van der Waals surface area contributed by atoms with E-state index >= 15 is 0 Å². The topological polar surface area (TPSA) is 61.9 Å². The van der Waals surface area contributed by atoms with Gasteiger partial charge in [-0.3, -0.25) is 9.69 Å². The lowest BCUT2D eigenvalue weighted by molar-refractivity contribution is -0.122. The summed E-state index contributed by atoms with van der Waals surface area (Å²) in [6.07, 6.45) is 0.360. The van der Waals surface area contributed by atoms with Crippen LogP contribution in [0.3, 0.4) is 0 Å². The Labute approximate surface area is 154 Å². The van der Waals surface area contributed by atoms with E-state index in [4.69, 9.17) is 4.74 Å². The van der Waals surface area contributed by atoms with Gasteiger partial charge in [0.2, 0.25) is 5.91 Å². The maximum Gasteiger partial charge on any atom is 0.410 e. The van der Waals surface area contributed by atoms with Gasteiger partial charge in [-0.05, 0) is 44.9 Å². The predicted molar refractivity (Wildman–Crippen MR) is 97.4 cm³/mol. The summed E-state index contributed by atoms with van der Waals surface area (Å²) in [6.45, 7) is 8.75. The Morgan fingerprint density at radius 2 is 1.73 bits per heavy atom. The molecule has 0 spiro atoms. The van der Waals surface area contributed by atoms with Crippen LogP contribution in [-0.4, -0.2) is 66.7 Å². The zero-order valence-corrected chi connectivity index (χ0v) is 15.8. The van der Waals surface area contributed by atoms with Gasteiger partial charge in [0.1, 0.15) is 11.4 Å². The smallest absolute Gasteiger partial charge is 0.410 e. The number of nitrogens with one attached hydrogen (secondary N) is 1. The molecule has 1 aromatic rings. The normalized spacial score (nSPS) is 15.6. The molecule has 0 aromatic heterocycles. The summed E-state index contributed by atoms with van der Waals surface area (Å²) in [6, 6.07) is 6.28. The molecule has 0 atom stereocenters. The second kappa shape index (κ2) is 8.98. The SMILES string of the molecule is CC(C)(C)OC(=O)N1CCN(CC(=O)NCCc2ccc(F)cc2)CC1. The zero-order valence-electron chi connectivity index (χ0n) is 15.8. The third-order valence-electron chi connectivity index (χ3n) is 4.04. The molecule has 0 saturated carbocycles. The number of carbonyl (C=O) groups is 2. The van der Waals surface area contributed by atoms with E-state index in [1.807, 2.05) is 25.7 Å². The van der Waals surface area contributed by atoms with Gasteiger partial charge in [0, 0.05) is 32.7 Å². The monoisotopic (exact) mass is 365 g/mol. The number of hydrogen-bond acceptors (Lipinski definition) is 4. The van der Waals surface area contributed by atoms with Crippen LogP contribution in [0.2, 0.25) is 0 Å². The first-order valence-corrected chi connectivity index (χ1v) is 8.94. The maximum atomic E-state index is 12.8. The first-order valence-electron chi connectivity index (χ1n) is 8.94. The molecule has 1 N–H and O–H groups in total. The highest BCUT2D eigenvalue weighted by molar-refractivity contribution is 5.78. The van der Waals surface area contributed by atoms with Crippen LogP contribution in [0, 0.1) is 5.82 Å². The standard InChI is InChI=1S/C19H28FN3O3/c1-19(2,3)26-18(25)23-12-10-22(11-13-23)14-17(24)21-9-8-15-4-6-16(20)7-5-15/h4-7H,8-14H2,1-3H3,(H,21,24). The molecule has 6 nitrogen and oxygen atoms in total. The molecule has 1 aromatic carbocycles. The summed E-state index contributed by atoms with van der Waals surface area (Å²) in [5.74, 6) is -0.305. The minimum Gasteiger partial charge on any atom is -0.444 e. The van der Waals surface area contributed by atoms with Gasteiger partial charge in [-0.1, -0.05) is 12.1 Å². The summed E-state index contributed by atoms with van der Waals surface area (Å²) in [5.41, 5.74) is 0.483. The number of ether oxygens (including phenoxy) is 1. The number of halogens is 1. The van der Waals surface area contributed by atoms with E-state index in [1.54, 1.807) is 17.0 Å². The molecule has 2 rings (SSSR count). The van der Waals surface area contributed by atoms with Crippen molar-refractivity contribution in [2.45, 2.75) is 32.8 Å². The third-order valence-corrected chi connectivity index (χ3v) is 4.04. The van der Waals surface area contributed by atoms with Crippen LogP contribution in [0.4, 0.5) is 9.18 Å². The highest BCUT2D eigenvalue weighted by atomic mass is 19.1. The molecule has 1 saturated heterocycles. The molecule has 26 heavy (non-hydrogen) atoms. The molecule has 144 valence electrons. The summed E-state index contributed by atoms with van der Waals surface area (Å²) in [5, 5.41) is 2.88. The Kier molecular flexibility index (Phi) is 6.97. The Morgan fingerprint density at radius 1 is 1.12 bits per heavy atom. The summed E-state index contributed by atoms with van der Waals surface area (Å²) in [4.78, 5) is 27.8. The average Bonchev–Trinajstić information content (AvgIpc) is 2.56. The second-order valence-electron chi connectivity index (χ2n) is 7.47. The molecule has 7 heteroatoms. The van der Waals surface area contributed by atoms with Crippen molar-refractivity contribution in [2.24, 2.45) is 0 Å². The van der Waals surface area contributed by atoms with E-state index in [1.165, 1.54) is 12.1 Å². The van der Waals surface area contributed by atoms with Crippen LogP contribution >= 0.6 is 0 Å². The number of hydrogen-bond donors (Lipinski definition) is 1. The number of carbonyl (C=O) groups excluding carboxylic acids is 2. The molecule has 0 radical (unpaired) electrons. The Morgan fingerprint density at radius 3 is 2.31 bits per heavy atom. The van der Waals surface area contributed by atoms with Gasteiger partial charge < -0.3 is 15.0 Å². The highest BCUT2D eigenvalue weighted by Gasteiger charge is 2.26. The van der Waals surface area contributed by atoms with Gasteiger partial charge >= 0.3 is 6.09 Å².